The topological polar surface area (TPSA) is 93.0 Å². The third-order valence-electron chi connectivity index (χ3n) is 1.42. The first-order valence-corrected chi connectivity index (χ1v) is 4.78. The van der Waals surface area contributed by atoms with Gasteiger partial charge in [0.15, 0.2) is 0 Å². The van der Waals surface area contributed by atoms with Gasteiger partial charge in [0, 0.05) is 17.0 Å². The first kappa shape index (κ1) is 10.5. The van der Waals surface area contributed by atoms with Crippen LogP contribution >= 0.6 is 11.8 Å². The van der Waals surface area contributed by atoms with Crippen molar-refractivity contribution in [3.05, 3.63) is 34.4 Å². The fraction of sp³-hybridized carbons (Fsp3) is 0.125. The highest BCUT2D eigenvalue weighted by Crippen LogP contribution is 2.22. The number of nitro benzene ring substituents is 1. The minimum absolute atomic E-state index is 0.0542. The molecule has 0 saturated heterocycles. The molecule has 0 atom stereocenters. The van der Waals surface area contributed by atoms with Gasteiger partial charge in [-0.2, -0.15) is 0 Å². The molecule has 0 aliphatic heterocycles. The predicted octanol–water partition coefficient (Wildman–Crippen LogP) is 1.62. The van der Waals surface area contributed by atoms with Crippen molar-refractivity contribution in [2.75, 3.05) is 5.75 Å². The van der Waals surface area contributed by atoms with Gasteiger partial charge in [-0.1, -0.05) is 6.07 Å². The van der Waals surface area contributed by atoms with Crippen LogP contribution in [0.4, 0.5) is 5.69 Å². The van der Waals surface area contributed by atoms with Crippen LogP contribution < -0.4 is 5.73 Å². The summed E-state index contributed by atoms with van der Waals surface area (Å²) in [6.45, 7) is 0. The molecule has 14 heavy (non-hydrogen) atoms. The summed E-state index contributed by atoms with van der Waals surface area (Å²) in [5, 5.41) is 17.4. The highest BCUT2D eigenvalue weighted by Gasteiger charge is 2.05. The van der Waals surface area contributed by atoms with E-state index in [2.05, 4.69) is 0 Å². The molecule has 0 amide bonds. The summed E-state index contributed by atoms with van der Waals surface area (Å²) in [6.07, 6.45) is 0. The average Bonchev–Trinajstić information content (AvgIpc) is 2.15. The highest BCUT2D eigenvalue weighted by molar-refractivity contribution is 8.00. The number of nitrogens with two attached hydrogens (primary N) is 1. The molecule has 0 aromatic heterocycles. The maximum absolute atomic E-state index is 10.4. The van der Waals surface area contributed by atoms with Gasteiger partial charge in [0.25, 0.3) is 5.69 Å². The van der Waals surface area contributed by atoms with E-state index in [0.717, 1.165) is 4.90 Å². The van der Waals surface area contributed by atoms with Crippen molar-refractivity contribution in [1.29, 1.82) is 5.41 Å². The van der Waals surface area contributed by atoms with Crippen molar-refractivity contribution in [3.63, 3.8) is 0 Å². The largest absolute Gasteiger partial charge is 0.387 e. The molecular formula is C8H9N3O2S. The minimum atomic E-state index is -0.447. The molecule has 6 heteroatoms. The molecule has 0 heterocycles. The van der Waals surface area contributed by atoms with Crippen LogP contribution in [0.25, 0.3) is 0 Å². The van der Waals surface area contributed by atoms with Gasteiger partial charge in [0.1, 0.15) is 5.84 Å². The van der Waals surface area contributed by atoms with Gasteiger partial charge in [0.2, 0.25) is 0 Å². The Morgan fingerprint density at radius 3 is 2.93 bits per heavy atom. The first-order valence-electron chi connectivity index (χ1n) is 3.80. The zero-order valence-electron chi connectivity index (χ0n) is 7.27. The van der Waals surface area contributed by atoms with E-state index in [-0.39, 0.29) is 11.5 Å². The van der Waals surface area contributed by atoms with Gasteiger partial charge < -0.3 is 5.73 Å². The minimum Gasteiger partial charge on any atom is -0.387 e. The summed E-state index contributed by atoms with van der Waals surface area (Å²) in [5.74, 6) is 0.405. The van der Waals surface area contributed by atoms with E-state index in [1.807, 2.05) is 0 Å². The molecule has 0 fully saturated rings. The second kappa shape index (κ2) is 4.61. The quantitative estimate of drug-likeness (QED) is 0.260. The molecule has 1 rings (SSSR count). The van der Waals surface area contributed by atoms with Crippen molar-refractivity contribution in [1.82, 2.24) is 0 Å². The molecule has 0 saturated carbocycles. The standard InChI is InChI=1S/C8H9N3O2S/c9-8(10)5-14-7-3-1-2-6(4-7)11(12)13/h1-4H,5H2,(H3,9,10). The lowest BCUT2D eigenvalue weighted by Gasteiger charge is -1.99. The zero-order chi connectivity index (χ0) is 10.6. The Bertz CT molecular complexity index is 367. The second-order valence-electron chi connectivity index (χ2n) is 2.57. The smallest absolute Gasteiger partial charge is 0.270 e. The van der Waals surface area contributed by atoms with Crippen LogP contribution in [0, 0.1) is 15.5 Å². The number of nitrogens with one attached hydrogen (secondary N) is 1. The molecule has 0 aliphatic carbocycles. The van der Waals surface area contributed by atoms with Crippen LogP contribution in [0.2, 0.25) is 0 Å². The van der Waals surface area contributed by atoms with E-state index in [4.69, 9.17) is 11.1 Å². The summed E-state index contributed by atoms with van der Waals surface area (Å²) in [7, 11) is 0. The third kappa shape index (κ3) is 3.06. The Kier molecular flexibility index (Phi) is 3.47. The van der Waals surface area contributed by atoms with E-state index in [1.165, 1.54) is 23.9 Å². The lowest BCUT2D eigenvalue weighted by Crippen LogP contribution is -2.11. The van der Waals surface area contributed by atoms with Gasteiger partial charge in [-0.3, -0.25) is 15.5 Å². The number of nitrogens with zero attached hydrogens (tertiary/aromatic N) is 1. The molecule has 0 radical (unpaired) electrons. The molecule has 0 unspecified atom stereocenters. The summed E-state index contributed by atoms with van der Waals surface area (Å²) >= 11 is 1.31. The first-order chi connectivity index (χ1) is 6.59. The van der Waals surface area contributed by atoms with Crippen LogP contribution in [-0.4, -0.2) is 16.5 Å². The summed E-state index contributed by atoms with van der Waals surface area (Å²) in [5.41, 5.74) is 5.22. The third-order valence-corrected chi connectivity index (χ3v) is 2.47. The van der Waals surface area contributed by atoms with E-state index in [0.29, 0.717) is 5.75 Å². The summed E-state index contributed by atoms with van der Waals surface area (Å²) in [4.78, 5) is 10.7. The van der Waals surface area contributed by atoms with Gasteiger partial charge in [-0.05, 0) is 6.07 Å². The fourth-order valence-electron chi connectivity index (χ4n) is 0.848. The SMILES string of the molecule is N=C(N)CSc1cccc([N+](=O)[O-])c1. The molecule has 0 bridgehead atoms. The average molecular weight is 211 g/mol. The van der Waals surface area contributed by atoms with Crippen LogP contribution in [0.15, 0.2) is 29.2 Å². The maximum atomic E-state index is 10.4. The zero-order valence-corrected chi connectivity index (χ0v) is 8.08. The fourth-order valence-corrected chi connectivity index (χ4v) is 1.55. The number of non-ortho nitro benzene ring substituents is 1. The number of amidine groups is 1. The molecule has 0 spiro atoms. The summed E-state index contributed by atoms with van der Waals surface area (Å²) < 4.78 is 0. The van der Waals surface area contributed by atoms with E-state index < -0.39 is 4.92 Å². The van der Waals surface area contributed by atoms with Crippen molar-refractivity contribution >= 4 is 23.3 Å². The number of benzene rings is 1. The highest BCUT2D eigenvalue weighted by atomic mass is 32.2. The van der Waals surface area contributed by atoms with E-state index >= 15 is 0 Å². The van der Waals surface area contributed by atoms with Crippen LogP contribution in [-0.2, 0) is 0 Å². The maximum Gasteiger partial charge on any atom is 0.270 e. The van der Waals surface area contributed by atoms with Crippen LogP contribution in [0.3, 0.4) is 0 Å². The number of hydrogen-bond donors (Lipinski definition) is 2. The number of nitro groups is 1. The molecule has 0 aliphatic rings. The Balaban J connectivity index is 2.73. The summed E-state index contributed by atoms with van der Waals surface area (Å²) in [6, 6.07) is 6.26. The molecule has 1 aromatic rings. The van der Waals surface area contributed by atoms with Crippen LogP contribution in [0.1, 0.15) is 0 Å². The van der Waals surface area contributed by atoms with Crippen LogP contribution in [0.5, 0.6) is 0 Å². The van der Waals surface area contributed by atoms with Gasteiger partial charge in [-0.25, -0.2) is 0 Å². The van der Waals surface area contributed by atoms with Crippen molar-refractivity contribution in [2.24, 2.45) is 5.73 Å². The van der Waals surface area contributed by atoms with Gasteiger partial charge in [0.05, 0.1) is 10.7 Å². The molecule has 3 N–H and O–H groups in total. The van der Waals surface area contributed by atoms with Crippen molar-refractivity contribution in [2.45, 2.75) is 4.90 Å². The number of hydrogen-bond acceptors (Lipinski definition) is 4. The predicted molar refractivity (Wildman–Crippen MR) is 55.7 cm³/mol. The van der Waals surface area contributed by atoms with E-state index in [9.17, 15) is 10.1 Å². The Morgan fingerprint density at radius 2 is 2.36 bits per heavy atom. The molecule has 1 aromatic carbocycles. The molecular weight excluding hydrogens is 202 g/mol. The van der Waals surface area contributed by atoms with Gasteiger partial charge in [-0.15, -0.1) is 11.8 Å². The Hall–Kier alpha value is -1.56. The van der Waals surface area contributed by atoms with E-state index in [1.54, 1.807) is 12.1 Å². The number of rotatable bonds is 4. The molecule has 74 valence electrons. The lowest BCUT2D eigenvalue weighted by molar-refractivity contribution is -0.385. The number of thioether (sulfide) groups is 1. The second-order valence-corrected chi connectivity index (χ2v) is 3.62. The normalized spacial score (nSPS) is 9.71. The lowest BCUT2D eigenvalue weighted by atomic mass is 10.3. The Labute approximate surface area is 85.0 Å². The van der Waals surface area contributed by atoms with Crippen molar-refractivity contribution in [3.8, 4) is 0 Å². The molecule has 5 nitrogen and oxygen atoms in total. The Morgan fingerprint density at radius 1 is 1.64 bits per heavy atom. The van der Waals surface area contributed by atoms with Gasteiger partial charge >= 0.3 is 0 Å². The van der Waals surface area contributed by atoms with Crippen molar-refractivity contribution < 1.29 is 4.92 Å². The monoisotopic (exact) mass is 211 g/mol.